The van der Waals surface area contributed by atoms with Crippen LogP contribution in [0.4, 0.5) is 5.82 Å². The highest BCUT2D eigenvalue weighted by Crippen LogP contribution is 2.27. The normalized spacial score (nSPS) is 18.6. The molecule has 1 aliphatic rings. The highest BCUT2D eigenvalue weighted by molar-refractivity contribution is 5.37. The molecular formula is C14H24N4. The SMILES string of the molecule is Cc1cc(NC(CN)C2CCCCC2)nc(C)n1. The first-order chi connectivity index (χ1) is 8.69. The Morgan fingerprint density at radius 3 is 2.61 bits per heavy atom. The predicted molar refractivity (Wildman–Crippen MR) is 74.5 cm³/mol. The van der Waals surface area contributed by atoms with Crippen LogP contribution < -0.4 is 11.1 Å². The van der Waals surface area contributed by atoms with Crippen molar-refractivity contribution < 1.29 is 0 Å². The molecule has 2 rings (SSSR count). The summed E-state index contributed by atoms with van der Waals surface area (Å²) in [7, 11) is 0. The minimum atomic E-state index is 0.346. The van der Waals surface area contributed by atoms with E-state index < -0.39 is 0 Å². The Bertz CT molecular complexity index is 365. The summed E-state index contributed by atoms with van der Waals surface area (Å²) in [5.74, 6) is 2.43. The summed E-state index contributed by atoms with van der Waals surface area (Å²) in [6, 6.07) is 2.34. The van der Waals surface area contributed by atoms with Crippen LogP contribution in [-0.2, 0) is 0 Å². The second-order valence-corrected chi connectivity index (χ2v) is 5.33. The van der Waals surface area contributed by atoms with Crippen molar-refractivity contribution in [2.75, 3.05) is 11.9 Å². The van der Waals surface area contributed by atoms with Crippen molar-refractivity contribution >= 4 is 5.82 Å². The van der Waals surface area contributed by atoms with Gasteiger partial charge in [0.15, 0.2) is 0 Å². The Hall–Kier alpha value is -1.16. The van der Waals surface area contributed by atoms with Crippen LogP contribution in [0.3, 0.4) is 0 Å². The molecule has 1 fully saturated rings. The lowest BCUT2D eigenvalue weighted by atomic mass is 9.84. The van der Waals surface area contributed by atoms with Gasteiger partial charge in [0, 0.05) is 24.3 Å². The van der Waals surface area contributed by atoms with Gasteiger partial charge in [-0.25, -0.2) is 9.97 Å². The van der Waals surface area contributed by atoms with Gasteiger partial charge in [0.05, 0.1) is 0 Å². The molecule has 1 atom stereocenters. The number of aryl methyl sites for hydroxylation is 2. The first-order valence-electron chi connectivity index (χ1n) is 6.98. The van der Waals surface area contributed by atoms with Gasteiger partial charge in [-0.05, 0) is 32.6 Å². The molecule has 100 valence electrons. The molecule has 0 aromatic carbocycles. The van der Waals surface area contributed by atoms with E-state index in [9.17, 15) is 0 Å². The van der Waals surface area contributed by atoms with Gasteiger partial charge in [0.1, 0.15) is 11.6 Å². The third-order valence-electron chi connectivity index (χ3n) is 3.77. The minimum Gasteiger partial charge on any atom is -0.366 e. The highest BCUT2D eigenvalue weighted by atomic mass is 15.1. The summed E-state index contributed by atoms with van der Waals surface area (Å²) < 4.78 is 0. The first kappa shape index (κ1) is 13.3. The Balaban J connectivity index is 2.04. The number of nitrogens with one attached hydrogen (secondary N) is 1. The topological polar surface area (TPSA) is 63.8 Å². The zero-order chi connectivity index (χ0) is 13.0. The number of rotatable bonds is 4. The number of nitrogens with zero attached hydrogens (tertiary/aromatic N) is 2. The molecule has 0 bridgehead atoms. The highest BCUT2D eigenvalue weighted by Gasteiger charge is 2.22. The van der Waals surface area contributed by atoms with Gasteiger partial charge >= 0.3 is 0 Å². The van der Waals surface area contributed by atoms with Crippen molar-refractivity contribution in [3.8, 4) is 0 Å². The van der Waals surface area contributed by atoms with Crippen molar-refractivity contribution in [3.63, 3.8) is 0 Å². The fourth-order valence-corrected chi connectivity index (χ4v) is 2.89. The van der Waals surface area contributed by atoms with Crippen LogP contribution in [-0.4, -0.2) is 22.6 Å². The Morgan fingerprint density at radius 1 is 1.28 bits per heavy atom. The van der Waals surface area contributed by atoms with Gasteiger partial charge in [0.2, 0.25) is 0 Å². The van der Waals surface area contributed by atoms with E-state index >= 15 is 0 Å². The molecule has 3 N–H and O–H groups in total. The average molecular weight is 248 g/mol. The van der Waals surface area contributed by atoms with Gasteiger partial charge in [0.25, 0.3) is 0 Å². The van der Waals surface area contributed by atoms with Crippen LogP contribution in [0.15, 0.2) is 6.07 Å². The van der Waals surface area contributed by atoms with Crippen molar-refractivity contribution in [1.29, 1.82) is 0 Å². The van der Waals surface area contributed by atoms with E-state index in [4.69, 9.17) is 5.73 Å². The molecule has 0 aliphatic heterocycles. The molecule has 1 aliphatic carbocycles. The van der Waals surface area contributed by atoms with Crippen LogP contribution in [0, 0.1) is 19.8 Å². The Morgan fingerprint density at radius 2 is 2.00 bits per heavy atom. The van der Waals surface area contributed by atoms with Crippen LogP contribution in [0.25, 0.3) is 0 Å². The number of nitrogens with two attached hydrogens (primary N) is 1. The van der Waals surface area contributed by atoms with Crippen molar-refractivity contribution in [2.24, 2.45) is 11.7 Å². The lowest BCUT2D eigenvalue weighted by Crippen LogP contribution is -2.37. The molecule has 1 unspecified atom stereocenters. The summed E-state index contributed by atoms with van der Waals surface area (Å²) in [5.41, 5.74) is 6.93. The van der Waals surface area contributed by atoms with Gasteiger partial charge in [-0.15, -0.1) is 0 Å². The monoisotopic (exact) mass is 248 g/mol. The van der Waals surface area contributed by atoms with E-state index in [1.54, 1.807) is 0 Å². The van der Waals surface area contributed by atoms with Crippen molar-refractivity contribution in [1.82, 2.24) is 9.97 Å². The fourth-order valence-electron chi connectivity index (χ4n) is 2.89. The zero-order valence-corrected chi connectivity index (χ0v) is 11.4. The molecule has 0 saturated heterocycles. The maximum Gasteiger partial charge on any atom is 0.130 e. The van der Waals surface area contributed by atoms with Crippen molar-refractivity contribution in [2.45, 2.75) is 52.0 Å². The Kier molecular flexibility index (Phi) is 4.53. The van der Waals surface area contributed by atoms with Crippen LogP contribution >= 0.6 is 0 Å². The van der Waals surface area contributed by atoms with Crippen LogP contribution in [0.1, 0.15) is 43.6 Å². The number of anilines is 1. The molecular weight excluding hydrogens is 224 g/mol. The maximum absolute atomic E-state index is 5.92. The van der Waals surface area contributed by atoms with Gasteiger partial charge in [-0.3, -0.25) is 0 Å². The number of aromatic nitrogens is 2. The smallest absolute Gasteiger partial charge is 0.130 e. The van der Waals surface area contributed by atoms with Crippen LogP contribution in [0.5, 0.6) is 0 Å². The Labute approximate surface area is 109 Å². The third-order valence-corrected chi connectivity index (χ3v) is 3.77. The van der Waals surface area contributed by atoms with E-state index in [0.29, 0.717) is 18.5 Å². The molecule has 4 nitrogen and oxygen atoms in total. The quantitative estimate of drug-likeness (QED) is 0.859. The number of hydrogen-bond acceptors (Lipinski definition) is 4. The predicted octanol–water partition coefficient (Wildman–Crippen LogP) is 2.41. The standard InChI is InChI=1S/C14H24N4/c1-10-8-14(17-11(2)16-10)18-13(9-15)12-6-4-3-5-7-12/h8,12-13H,3-7,9,15H2,1-2H3,(H,16,17,18). The summed E-state index contributed by atoms with van der Waals surface area (Å²) in [6.07, 6.45) is 6.63. The molecule has 4 heteroatoms. The average Bonchev–Trinajstić information content (AvgIpc) is 2.36. The zero-order valence-electron chi connectivity index (χ0n) is 11.4. The largest absolute Gasteiger partial charge is 0.366 e. The molecule has 1 aromatic heterocycles. The summed E-state index contributed by atoms with van der Waals surface area (Å²) in [4.78, 5) is 8.74. The summed E-state index contributed by atoms with van der Waals surface area (Å²) in [6.45, 7) is 4.60. The van der Waals surface area contributed by atoms with E-state index in [-0.39, 0.29) is 0 Å². The van der Waals surface area contributed by atoms with Crippen LogP contribution in [0.2, 0.25) is 0 Å². The first-order valence-corrected chi connectivity index (χ1v) is 6.98. The summed E-state index contributed by atoms with van der Waals surface area (Å²) in [5, 5.41) is 3.50. The molecule has 1 aromatic rings. The molecule has 0 amide bonds. The molecule has 1 saturated carbocycles. The van der Waals surface area contributed by atoms with Gasteiger partial charge in [-0.1, -0.05) is 19.3 Å². The lowest BCUT2D eigenvalue weighted by molar-refractivity contribution is 0.320. The van der Waals surface area contributed by atoms with E-state index in [1.807, 2.05) is 19.9 Å². The second-order valence-electron chi connectivity index (χ2n) is 5.33. The van der Waals surface area contributed by atoms with E-state index in [1.165, 1.54) is 32.1 Å². The number of hydrogen-bond donors (Lipinski definition) is 2. The van der Waals surface area contributed by atoms with Gasteiger partial charge < -0.3 is 11.1 Å². The lowest BCUT2D eigenvalue weighted by Gasteiger charge is -2.30. The fraction of sp³-hybridized carbons (Fsp3) is 0.714. The van der Waals surface area contributed by atoms with E-state index in [0.717, 1.165) is 17.3 Å². The second kappa shape index (κ2) is 6.14. The molecule has 0 spiro atoms. The van der Waals surface area contributed by atoms with Gasteiger partial charge in [-0.2, -0.15) is 0 Å². The molecule has 0 radical (unpaired) electrons. The third kappa shape index (κ3) is 3.42. The minimum absolute atomic E-state index is 0.346. The molecule has 18 heavy (non-hydrogen) atoms. The van der Waals surface area contributed by atoms with Crippen molar-refractivity contribution in [3.05, 3.63) is 17.6 Å². The van der Waals surface area contributed by atoms with E-state index in [2.05, 4.69) is 15.3 Å². The maximum atomic E-state index is 5.92. The molecule has 1 heterocycles. The summed E-state index contributed by atoms with van der Waals surface area (Å²) >= 11 is 0.